The Kier molecular flexibility index (Phi) is 6.48. The third-order valence-electron chi connectivity index (χ3n) is 3.15. The predicted octanol–water partition coefficient (Wildman–Crippen LogP) is 1.90. The number of rotatable bonds is 6. The van der Waals surface area contributed by atoms with Crippen LogP contribution in [0.25, 0.3) is 0 Å². The molecule has 0 saturated heterocycles. The second-order valence-electron chi connectivity index (χ2n) is 5.35. The van der Waals surface area contributed by atoms with Crippen molar-refractivity contribution in [2.75, 3.05) is 0 Å². The molecule has 1 aliphatic rings. The lowest BCUT2D eigenvalue weighted by molar-refractivity contribution is -0.161. The van der Waals surface area contributed by atoms with E-state index in [2.05, 4.69) is 0 Å². The van der Waals surface area contributed by atoms with Crippen molar-refractivity contribution in [2.24, 2.45) is 5.92 Å². The van der Waals surface area contributed by atoms with Crippen molar-refractivity contribution in [2.45, 2.75) is 64.6 Å². The lowest BCUT2D eigenvalue weighted by Gasteiger charge is -2.28. The minimum absolute atomic E-state index is 0.132. The van der Waals surface area contributed by atoms with Crippen LogP contribution >= 0.6 is 0 Å². The Morgan fingerprint density at radius 3 is 2.50 bits per heavy atom. The summed E-state index contributed by atoms with van der Waals surface area (Å²) in [5.41, 5.74) is 0. The van der Waals surface area contributed by atoms with Gasteiger partial charge in [-0.15, -0.1) is 0 Å². The quantitative estimate of drug-likeness (QED) is 0.750. The van der Waals surface area contributed by atoms with E-state index in [1.54, 1.807) is 13.8 Å². The van der Waals surface area contributed by atoms with Crippen molar-refractivity contribution in [1.29, 1.82) is 0 Å². The monoisotopic (exact) mass is 286 g/mol. The number of hydrogen-bond acceptors (Lipinski definition) is 5. The van der Waals surface area contributed by atoms with Gasteiger partial charge < -0.3 is 14.6 Å². The number of ether oxygens (including phenoxy) is 2. The summed E-state index contributed by atoms with van der Waals surface area (Å²) < 4.78 is 10.4. The minimum atomic E-state index is -1.02. The Hall–Kier alpha value is -1.59. The number of carboxylic acid groups (broad SMARTS) is 1. The molecule has 1 N–H and O–H groups in total. The molecule has 0 bridgehead atoms. The molecule has 2 atom stereocenters. The highest BCUT2D eigenvalue weighted by Crippen LogP contribution is 2.28. The first-order chi connectivity index (χ1) is 9.38. The predicted molar refractivity (Wildman–Crippen MR) is 69.9 cm³/mol. The van der Waals surface area contributed by atoms with Crippen LogP contribution < -0.4 is 0 Å². The molecule has 1 rings (SSSR count). The largest absolute Gasteiger partial charge is 0.481 e. The minimum Gasteiger partial charge on any atom is -0.481 e. The fraction of sp³-hybridized carbons (Fsp3) is 0.786. The number of aliphatic carboxylic acids is 1. The first kappa shape index (κ1) is 16.5. The van der Waals surface area contributed by atoms with Crippen molar-refractivity contribution in [1.82, 2.24) is 0 Å². The van der Waals surface area contributed by atoms with Gasteiger partial charge in [0, 0.05) is 0 Å². The Bertz CT molecular complexity index is 363. The molecular formula is C14H22O6. The summed E-state index contributed by atoms with van der Waals surface area (Å²) in [5.74, 6) is -2.02. The molecule has 0 radical (unpaired) electrons. The summed E-state index contributed by atoms with van der Waals surface area (Å²) in [6.45, 7) is 3.59. The average molecular weight is 286 g/mol. The van der Waals surface area contributed by atoms with Gasteiger partial charge in [-0.2, -0.15) is 0 Å². The smallest absolute Gasteiger partial charge is 0.309 e. The van der Waals surface area contributed by atoms with Gasteiger partial charge in [0.15, 0.2) is 0 Å². The number of hydrogen-bond donors (Lipinski definition) is 1. The van der Waals surface area contributed by atoms with E-state index in [0.717, 1.165) is 12.8 Å². The first-order valence-electron chi connectivity index (χ1n) is 7.00. The molecule has 0 amide bonds. The van der Waals surface area contributed by atoms with Crippen LogP contribution in [0.3, 0.4) is 0 Å². The van der Waals surface area contributed by atoms with E-state index >= 15 is 0 Å². The lowest BCUT2D eigenvalue weighted by atomic mass is 9.87. The van der Waals surface area contributed by atoms with Crippen LogP contribution in [0.15, 0.2) is 0 Å². The molecular weight excluding hydrogens is 264 g/mol. The van der Waals surface area contributed by atoms with Crippen LogP contribution in [0.5, 0.6) is 0 Å². The zero-order valence-corrected chi connectivity index (χ0v) is 12.0. The van der Waals surface area contributed by atoms with Gasteiger partial charge in [-0.1, -0.05) is 0 Å². The first-order valence-corrected chi connectivity index (χ1v) is 7.00. The molecule has 0 aliphatic heterocycles. The van der Waals surface area contributed by atoms with Gasteiger partial charge in [0.25, 0.3) is 0 Å². The van der Waals surface area contributed by atoms with E-state index in [9.17, 15) is 14.4 Å². The van der Waals surface area contributed by atoms with Gasteiger partial charge in [0.05, 0.1) is 24.9 Å². The molecule has 6 heteroatoms. The Labute approximate surface area is 118 Å². The summed E-state index contributed by atoms with van der Waals surface area (Å²) in [5, 5.41) is 8.50. The topological polar surface area (TPSA) is 89.9 Å². The Morgan fingerprint density at radius 1 is 1.20 bits per heavy atom. The number of carbonyl (C=O) groups excluding carboxylic acids is 2. The Balaban J connectivity index is 2.38. The maximum atomic E-state index is 11.8. The molecule has 1 saturated carbocycles. The third kappa shape index (κ3) is 6.04. The van der Waals surface area contributed by atoms with Gasteiger partial charge in [-0.3, -0.25) is 14.4 Å². The summed E-state index contributed by atoms with van der Waals surface area (Å²) in [7, 11) is 0. The van der Waals surface area contributed by atoms with Crippen LogP contribution in [0.1, 0.15) is 52.4 Å². The highest BCUT2D eigenvalue weighted by atomic mass is 16.5. The average Bonchev–Trinajstić information content (AvgIpc) is 2.36. The lowest BCUT2D eigenvalue weighted by Crippen LogP contribution is -2.31. The van der Waals surface area contributed by atoms with Crippen LogP contribution in [-0.4, -0.2) is 35.2 Å². The molecule has 6 nitrogen and oxygen atoms in total. The molecule has 1 unspecified atom stereocenters. The van der Waals surface area contributed by atoms with E-state index in [-0.39, 0.29) is 36.9 Å². The molecule has 0 aromatic rings. The number of esters is 2. The normalized spacial score (nSPS) is 22.4. The third-order valence-corrected chi connectivity index (χ3v) is 3.15. The fourth-order valence-electron chi connectivity index (χ4n) is 2.25. The van der Waals surface area contributed by atoms with Gasteiger partial charge in [0.1, 0.15) is 6.10 Å². The van der Waals surface area contributed by atoms with E-state index < -0.39 is 11.9 Å². The fourth-order valence-corrected chi connectivity index (χ4v) is 2.25. The van der Waals surface area contributed by atoms with Crippen LogP contribution in [0, 0.1) is 5.92 Å². The molecule has 1 aliphatic carbocycles. The van der Waals surface area contributed by atoms with Crippen molar-refractivity contribution >= 4 is 17.9 Å². The zero-order chi connectivity index (χ0) is 15.1. The summed E-state index contributed by atoms with van der Waals surface area (Å²) in [6.07, 6.45) is 1.89. The second kappa shape index (κ2) is 7.87. The van der Waals surface area contributed by atoms with Crippen molar-refractivity contribution in [3.05, 3.63) is 0 Å². The van der Waals surface area contributed by atoms with Crippen LogP contribution in [-0.2, 0) is 23.9 Å². The summed E-state index contributed by atoms with van der Waals surface area (Å²) in [6, 6.07) is 0. The molecule has 0 aromatic carbocycles. The maximum Gasteiger partial charge on any atom is 0.309 e. The highest BCUT2D eigenvalue weighted by molar-refractivity contribution is 5.76. The van der Waals surface area contributed by atoms with E-state index in [1.807, 2.05) is 0 Å². The molecule has 0 spiro atoms. The number of carbonyl (C=O) groups is 3. The standard InChI is InChI=1S/C14H22O6/c1-9(2)19-14(18)10-4-3-5-11(8-10)20-13(17)7-6-12(15)16/h9-11H,3-8H2,1-2H3,(H,15,16)/t10-,11?/m0/s1. The van der Waals surface area contributed by atoms with E-state index in [0.29, 0.717) is 12.8 Å². The van der Waals surface area contributed by atoms with Crippen molar-refractivity contribution in [3.63, 3.8) is 0 Å². The van der Waals surface area contributed by atoms with Gasteiger partial charge in [0.2, 0.25) is 0 Å². The SMILES string of the molecule is CC(C)OC(=O)[C@H]1CCCC(OC(=O)CCC(=O)O)C1. The van der Waals surface area contributed by atoms with Gasteiger partial charge >= 0.3 is 17.9 Å². The van der Waals surface area contributed by atoms with E-state index in [4.69, 9.17) is 14.6 Å². The maximum absolute atomic E-state index is 11.8. The van der Waals surface area contributed by atoms with E-state index in [1.165, 1.54) is 0 Å². The van der Waals surface area contributed by atoms with Gasteiger partial charge in [-0.05, 0) is 39.5 Å². The molecule has 0 aromatic heterocycles. The van der Waals surface area contributed by atoms with Crippen LogP contribution in [0.4, 0.5) is 0 Å². The Morgan fingerprint density at radius 2 is 1.90 bits per heavy atom. The van der Waals surface area contributed by atoms with Gasteiger partial charge in [-0.25, -0.2) is 0 Å². The number of carboxylic acids is 1. The molecule has 114 valence electrons. The zero-order valence-electron chi connectivity index (χ0n) is 12.0. The van der Waals surface area contributed by atoms with Crippen LogP contribution in [0.2, 0.25) is 0 Å². The highest BCUT2D eigenvalue weighted by Gasteiger charge is 2.30. The molecule has 0 heterocycles. The second-order valence-corrected chi connectivity index (χ2v) is 5.35. The van der Waals surface area contributed by atoms with Crippen molar-refractivity contribution < 1.29 is 29.0 Å². The molecule has 20 heavy (non-hydrogen) atoms. The summed E-state index contributed by atoms with van der Waals surface area (Å²) >= 11 is 0. The molecule has 1 fully saturated rings. The summed E-state index contributed by atoms with van der Waals surface area (Å²) in [4.78, 5) is 33.7. The van der Waals surface area contributed by atoms with Crippen molar-refractivity contribution in [3.8, 4) is 0 Å².